The summed E-state index contributed by atoms with van der Waals surface area (Å²) in [6, 6.07) is 12.2. The molecule has 0 bridgehead atoms. The third kappa shape index (κ3) is 3.38. The van der Waals surface area contributed by atoms with Crippen LogP contribution in [0.15, 0.2) is 45.3 Å². The van der Waals surface area contributed by atoms with Gasteiger partial charge in [-0.3, -0.25) is 0 Å². The number of hydrogen-bond donors (Lipinski definition) is 1. The summed E-state index contributed by atoms with van der Waals surface area (Å²) in [6.07, 6.45) is 0. The Hall–Kier alpha value is -1.38. The van der Waals surface area contributed by atoms with Crippen molar-refractivity contribution in [3.05, 3.63) is 62.3 Å². The zero-order valence-corrected chi connectivity index (χ0v) is 13.8. The van der Waals surface area contributed by atoms with Crippen molar-refractivity contribution in [2.24, 2.45) is 0 Å². The summed E-state index contributed by atoms with van der Waals surface area (Å²) < 4.78 is 15.5. The summed E-state index contributed by atoms with van der Waals surface area (Å²) in [6.45, 7) is 1.86. The van der Waals surface area contributed by atoms with Crippen molar-refractivity contribution in [2.45, 2.75) is 13.0 Å². The van der Waals surface area contributed by atoms with Crippen LogP contribution in [0.2, 0.25) is 0 Å². The molecule has 0 fully saturated rings. The minimum absolute atomic E-state index is 0.246. The normalized spacial score (nSPS) is 11.8. The number of nitrogens with zero attached hydrogens (tertiary/aromatic N) is 1. The lowest BCUT2D eigenvalue weighted by Crippen LogP contribution is -2.09. The topological polar surface area (TPSA) is 35.8 Å². The average molecular weight is 398 g/mol. The number of nitrogens with one attached hydrogen (secondary N) is 1. The van der Waals surface area contributed by atoms with Gasteiger partial charge in [-0.1, -0.05) is 37.9 Å². The summed E-state index contributed by atoms with van der Waals surface area (Å²) in [4.78, 5) is 0. The first-order valence-electron chi connectivity index (χ1n) is 5.92. The van der Waals surface area contributed by atoms with Crippen LogP contribution in [0, 0.1) is 17.1 Å². The maximum atomic E-state index is 13.9. The highest BCUT2D eigenvalue weighted by atomic mass is 79.9. The Morgan fingerprint density at radius 1 is 1.15 bits per heavy atom. The first kappa shape index (κ1) is 15.0. The predicted molar refractivity (Wildman–Crippen MR) is 85.0 cm³/mol. The molecular weight excluding hydrogens is 387 g/mol. The Morgan fingerprint density at radius 3 is 2.45 bits per heavy atom. The molecule has 0 radical (unpaired) electrons. The van der Waals surface area contributed by atoms with Gasteiger partial charge in [0.25, 0.3) is 0 Å². The minimum atomic E-state index is -0.284. The van der Waals surface area contributed by atoms with Crippen LogP contribution in [0.25, 0.3) is 0 Å². The van der Waals surface area contributed by atoms with Gasteiger partial charge in [0, 0.05) is 14.5 Å². The van der Waals surface area contributed by atoms with E-state index in [0.717, 1.165) is 4.47 Å². The molecule has 0 aliphatic carbocycles. The molecule has 1 atom stereocenters. The van der Waals surface area contributed by atoms with Crippen LogP contribution in [-0.2, 0) is 0 Å². The van der Waals surface area contributed by atoms with Gasteiger partial charge in [0.15, 0.2) is 0 Å². The zero-order chi connectivity index (χ0) is 14.7. The molecule has 2 aromatic carbocycles. The number of rotatable bonds is 3. The Labute approximate surface area is 133 Å². The van der Waals surface area contributed by atoms with E-state index in [9.17, 15) is 4.39 Å². The lowest BCUT2D eigenvalue weighted by Gasteiger charge is -2.17. The summed E-state index contributed by atoms with van der Waals surface area (Å²) in [5.41, 5.74) is 1.76. The number of halogens is 3. The highest BCUT2D eigenvalue weighted by Crippen LogP contribution is 2.27. The molecule has 0 aromatic heterocycles. The molecule has 1 N–H and O–H groups in total. The van der Waals surface area contributed by atoms with Crippen LogP contribution < -0.4 is 5.32 Å². The number of benzene rings is 2. The Balaban J connectivity index is 2.30. The van der Waals surface area contributed by atoms with Crippen LogP contribution in [-0.4, -0.2) is 0 Å². The lowest BCUT2D eigenvalue weighted by atomic mass is 10.1. The first-order valence-corrected chi connectivity index (χ1v) is 7.51. The van der Waals surface area contributed by atoms with Crippen molar-refractivity contribution in [1.82, 2.24) is 0 Å². The minimum Gasteiger partial charge on any atom is -0.377 e. The average Bonchev–Trinajstić information content (AvgIpc) is 2.38. The van der Waals surface area contributed by atoms with Crippen molar-refractivity contribution in [3.63, 3.8) is 0 Å². The molecule has 5 heteroatoms. The standard InChI is InChI=1S/C15H11Br2FN2/c1-9(13-5-4-11(16)6-14(13)18)20-15-7-12(17)3-2-10(15)8-19/h2-7,9,20H,1H3. The molecule has 2 rings (SSSR count). The van der Waals surface area contributed by atoms with E-state index < -0.39 is 0 Å². The number of nitriles is 1. The predicted octanol–water partition coefficient (Wildman–Crippen LogP) is 5.40. The van der Waals surface area contributed by atoms with Crippen molar-refractivity contribution in [2.75, 3.05) is 5.32 Å². The van der Waals surface area contributed by atoms with Gasteiger partial charge in [-0.15, -0.1) is 0 Å². The van der Waals surface area contributed by atoms with E-state index in [-0.39, 0.29) is 11.9 Å². The number of hydrogen-bond acceptors (Lipinski definition) is 2. The molecular formula is C15H11Br2FN2. The summed E-state index contributed by atoms with van der Waals surface area (Å²) >= 11 is 6.60. The fraction of sp³-hybridized carbons (Fsp3) is 0.133. The third-order valence-corrected chi connectivity index (χ3v) is 3.89. The van der Waals surface area contributed by atoms with Crippen molar-refractivity contribution >= 4 is 37.5 Å². The van der Waals surface area contributed by atoms with Gasteiger partial charge in [-0.2, -0.15) is 5.26 Å². The van der Waals surface area contributed by atoms with E-state index in [1.807, 2.05) is 13.0 Å². The van der Waals surface area contributed by atoms with E-state index >= 15 is 0 Å². The molecule has 0 spiro atoms. The van der Waals surface area contributed by atoms with Crippen LogP contribution in [0.3, 0.4) is 0 Å². The quantitative estimate of drug-likeness (QED) is 0.752. The summed E-state index contributed by atoms with van der Waals surface area (Å²) in [5.74, 6) is -0.284. The highest BCUT2D eigenvalue weighted by Gasteiger charge is 2.13. The van der Waals surface area contributed by atoms with Gasteiger partial charge in [-0.05, 0) is 37.3 Å². The molecule has 2 nitrogen and oxygen atoms in total. The van der Waals surface area contributed by atoms with Gasteiger partial charge < -0.3 is 5.32 Å². The van der Waals surface area contributed by atoms with Gasteiger partial charge in [0.2, 0.25) is 0 Å². The lowest BCUT2D eigenvalue weighted by molar-refractivity contribution is 0.599. The van der Waals surface area contributed by atoms with Gasteiger partial charge in [-0.25, -0.2) is 4.39 Å². The maximum absolute atomic E-state index is 13.9. The smallest absolute Gasteiger partial charge is 0.129 e. The maximum Gasteiger partial charge on any atom is 0.129 e. The first-order chi connectivity index (χ1) is 9.51. The van der Waals surface area contributed by atoms with E-state index in [1.54, 1.807) is 24.3 Å². The van der Waals surface area contributed by atoms with Crippen molar-refractivity contribution < 1.29 is 4.39 Å². The number of anilines is 1. The van der Waals surface area contributed by atoms with Crippen LogP contribution in [0.1, 0.15) is 24.1 Å². The van der Waals surface area contributed by atoms with Gasteiger partial charge >= 0.3 is 0 Å². The second kappa shape index (κ2) is 6.38. The second-order valence-corrected chi connectivity index (χ2v) is 6.16. The molecule has 0 aliphatic heterocycles. The largest absolute Gasteiger partial charge is 0.377 e. The van der Waals surface area contributed by atoms with E-state index in [0.29, 0.717) is 21.3 Å². The third-order valence-electron chi connectivity index (χ3n) is 2.90. The Morgan fingerprint density at radius 2 is 1.80 bits per heavy atom. The zero-order valence-electron chi connectivity index (χ0n) is 10.6. The van der Waals surface area contributed by atoms with Crippen molar-refractivity contribution in [3.8, 4) is 6.07 Å². The molecule has 0 saturated carbocycles. The Kier molecular flexibility index (Phi) is 4.79. The highest BCUT2D eigenvalue weighted by molar-refractivity contribution is 9.10. The fourth-order valence-electron chi connectivity index (χ4n) is 1.90. The summed E-state index contributed by atoms with van der Waals surface area (Å²) in [7, 11) is 0. The Bertz CT molecular complexity index is 680. The SMILES string of the molecule is CC(Nc1cc(Br)ccc1C#N)c1ccc(Br)cc1F. The summed E-state index contributed by atoms with van der Waals surface area (Å²) in [5, 5.41) is 12.3. The molecule has 1 unspecified atom stereocenters. The van der Waals surface area contributed by atoms with Crippen molar-refractivity contribution in [1.29, 1.82) is 5.26 Å². The van der Waals surface area contributed by atoms with Crippen LogP contribution >= 0.6 is 31.9 Å². The van der Waals surface area contributed by atoms with Gasteiger partial charge in [0.05, 0.1) is 17.3 Å². The molecule has 20 heavy (non-hydrogen) atoms. The molecule has 0 saturated heterocycles. The monoisotopic (exact) mass is 396 g/mol. The molecule has 0 aliphatic rings. The van der Waals surface area contributed by atoms with Gasteiger partial charge in [0.1, 0.15) is 11.9 Å². The van der Waals surface area contributed by atoms with E-state index in [2.05, 4.69) is 43.2 Å². The van der Waals surface area contributed by atoms with Crippen LogP contribution in [0.5, 0.6) is 0 Å². The van der Waals surface area contributed by atoms with E-state index in [1.165, 1.54) is 6.07 Å². The molecule has 102 valence electrons. The molecule has 0 heterocycles. The molecule has 0 amide bonds. The van der Waals surface area contributed by atoms with Crippen LogP contribution in [0.4, 0.5) is 10.1 Å². The molecule has 2 aromatic rings. The fourth-order valence-corrected chi connectivity index (χ4v) is 2.59. The van der Waals surface area contributed by atoms with E-state index in [4.69, 9.17) is 5.26 Å². The second-order valence-electron chi connectivity index (χ2n) is 4.33.